The molecule has 1 aliphatic rings. The van der Waals surface area contributed by atoms with Crippen molar-refractivity contribution >= 4 is 22.5 Å². The number of anilines is 1. The molecule has 2 heterocycles. The summed E-state index contributed by atoms with van der Waals surface area (Å²) in [5, 5.41) is 8.13. The molecule has 1 aromatic carbocycles. The van der Waals surface area contributed by atoms with E-state index in [1.807, 2.05) is 31.2 Å². The molecular formula is C16H19N3O2. The molecule has 1 fully saturated rings. The van der Waals surface area contributed by atoms with Gasteiger partial charge in [-0.3, -0.25) is 4.79 Å². The van der Waals surface area contributed by atoms with Crippen molar-refractivity contribution < 1.29 is 9.53 Å². The van der Waals surface area contributed by atoms with Gasteiger partial charge in [-0.25, -0.2) is 4.98 Å². The Hall–Kier alpha value is -2.14. The Morgan fingerprint density at radius 1 is 1.38 bits per heavy atom. The molecule has 0 spiro atoms. The van der Waals surface area contributed by atoms with Crippen LogP contribution in [0.5, 0.6) is 0 Å². The van der Waals surface area contributed by atoms with Gasteiger partial charge in [0.2, 0.25) is 0 Å². The fourth-order valence-corrected chi connectivity index (χ4v) is 2.59. The number of hydrogen-bond acceptors (Lipinski definition) is 4. The van der Waals surface area contributed by atoms with E-state index >= 15 is 0 Å². The number of ether oxygens (including phenoxy) is 1. The standard InChI is InChI=1S/C16H19N3O2/c1-2-17-15-13-6-4-3-5-12(13)14(9-18-15)16(20)19-11-7-8-21-10-11/h3-6,9,11H,2,7-8,10H2,1H3,(H,17,18)(H,19,20). The van der Waals surface area contributed by atoms with Crippen LogP contribution in [-0.4, -0.2) is 36.7 Å². The first-order chi connectivity index (χ1) is 10.3. The molecule has 1 atom stereocenters. The smallest absolute Gasteiger partial charge is 0.253 e. The summed E-state index contributed by atoms with van der Waals surface area (Å²) < 4.78 is 5.29. The Morgan fingerprint density at radius 3 is 2.90 bits per heavy atom. The Labute approximate surface area is 123 Å². The monoisotopic (exact) mass is 285 g/mol. The van der Waals surface area contributed by atoms with E-state index in [-0.39, 0.29) is 11.9 Å². The zero-order valence-electron chi connectivity index (χ0n) is 12.1. The number of carbonyl (C=O) groups is 1. The summed E-state index contributed by atoms with van der Waals surface area (Å²) >= 11 is 0. The van der Waals surface area contributed by atoms with Crippen LogP contribution in [0.25, 0.3) is 10.8 Å². The second kappa shape index (κ2) is 6.10. The molecule has 0 radical (unpaired) electrons. The Bertz CT molecular complexity index is 651. The maximum absolute atomic E-state index is 12.5. The number of hydrogen-bond donors (Lipinski definition) is 2. The SMILES string of the molecule is CCNc1ncc(C(=O)NC2CCOC2)c2ccccc12. The molecule has 0 saturated carbocycles. The molecule has 0 bridgehead atoms. The van der Waals surface area contributed by atoms with E-state index < -0.39 is 0 Å². The summed E-state index contributed by atoms with van der Waals surface area (Å²) in [6.07, 6.45) is 2.51. The second-order valence-corrected chi connectivity index (χ2v) is 5.13. The quantitative estimate of drug-likeness (QED) is 0.904. The summed E-state index contributed by atoms with van der Waals surface area (Å²) in [5.41, 5.74) is 0.610. The lowest BCUT2D eigenvalue weighted by Gasteiger charge is -2.13. The maximum atomic E-state index is 12.5. The summed E-state index contributed by atoms with van der Waals surface area (Å²) in [5.74, 6) is 0.728. The predicted molar refractivity (Wildman–Crippen MR) is 82.6 cm³/mol. The third kappa shape index (κ3) is 2.83. The third-order valence-corrected chi connectivity index (χ3v) is 3.65. The van der Waals surface area contributed by atoms with E-state index in [0.717, 1.165) is 29.6 Å². The van der Waals surface area contributed by atoms with Gasteiger partial charge in [0.25, 0.3) is 5.91 Å². The van der Waals surface area contributed by atoms with Crippen LogP contribution >= 0.6 is 0 Å². The summed E-state index contributed by atoms with van der Waals surface area (Å²) in [6.45, 7) is 4.12. The Morgan fingerprint density at radius 2 is 2.19 bits per heavy atom. The van der Waals surface area contributed by atoms with Crippen LogP contribution in [-0.2, 0) is 4.74 Å². The molecule has 1 aliphatic heterocycles. The van der Waals surface area contributed by atoms with Crippen molar-refractivity contribution in [3.8, 4) is 0 Å². The van der Waals surface area contributed by atoms with Crippen LogP contribution in [0, 0.1) is 0 Å². The third-order valence-electron chi connectivity index (χ3n) is 3.65. The molecule has 2 N–H and O–H groups in total. The highest BCUT2D eigenvalue weighted by atomic mass is 16.5. The number of nitrogens with zero attached hydrogens (tertiary/aromatic N) is 1. The minimum absolute atomic E-state index is 0.0859. The first-order valence-corrected chi connectivity index (χ1v) is 7.30. The maximum Gasteiger partial charge on any atom is 0.253 e. The van der Waals surface area contributed by atoms with Crippen molar-refractivity contribution in [1.82, 2.24) is 10.3 Å². The van der Waals surface area contributed by atoms with Crippen LogP contribution in [0.4, 0.5) is 5.82 Å². The lowest BCUT2D eigenvalue weighted by molar-refractivity contribution is 0.0931. The molecule has 1 aromatic heterocycles. The number of pyridine rings is 1. The van der Waals surface area contributed by atoms with Crippen molar-refractivity contribution in [2.24, 2.45) is 0 Å². The van der Waals surface area contributed by atoms with Gasteiger partial charge in [-0.05, 0) is 18.7 Å². The molecule has 5 nitrogen and oxygen atoms in total. The normalized spacial score (nSPS) is 17.9. The van der Waals surface area contributed by atoms with Gasteiger partial charge in [0, 0.05) is 24.7 Å². The van der Waals surface area contributed by atoms with Crippen molar-refractivity contribution in [3.63, 3.8) is 0 Å². The largest absolute Gasteiger partial charge is 0.379 e. The van der Waals surface area contributed by atoms with Gasteiger partial charge < -0.3 is 15.4 Å². The number of nitrogens with one attached hydrogen (secondary N) is 2. The first-order valence-electron chi connectivity index (χ1n) is 7.30. The van der Waals surface area contributed by atoms with Crippen molar-refractivity contribution in [2.75, 3.05) is 25.1 Å². The zero-order valence-corrected chi connectivity index (χ0v) is 12.1. The molecular weight excluding hydrogens is 266 g/mol. The zero-order chi connectivity index (χ0) is 14.7. The van der Waals surface area contributed by atoms with Crippen molar-refractivity contribution in [3.05, 3.63) is 36.0 Å². The van der Waals surface area contributed by atoms with Gasteiger partial charge in [0.05, 0.1) is 18.2 Å². The minimum Gasteiger partial charge on any atom is -0.379 e. The fourth-order valence-electron chi connectivity index (χ4n) is 2.59. The van der Waals surface area contributed by atoms with E-state index in [2.05, 4.69) is 15.6 Å². The van der Waals surface area contributed by atoms with Crippen LogP contribution in [0.2, 0.25) is 0 Å². The number of fused-ring (bicyclic) bond motifs is 1. The molecule has 2 aromatic rings. The molecule has 21 heavy (non-hydrogen) atoms. The molecule has 0 aliphatic carbocycles. The highest BCUT2D eigenvalue weighted by Gasteiger charge is 2.20. The van der Waals surface area contributed by atoms with E-state index in [1.165, 1.54) is 0 Å². The summed E-state index contributed by atoms with van der Waals surface area (Å²) in [6, 6.07) is 7.93. The molecule has 1 amide bonds. The molecule has 1 unspecified atom stereocenters. The number of rotatable bonds is 4. The average molecular weight is 285 g/mol. The van der Waals surface area contributed by atoms with Gasteiger partial charge in [-0.1, -0.05) is 24.3 Å². The minimum atomic E-state index is -0.0859. The van der Waals surface area contributed by atoms with Gasteiger partial charge >= 0.3 is 0 Å². The topological polar surface area (TPSA) is 63.2 Å². The van der Waals surface area contributed by atoms with Crippen LogP contribution < -0.4 is 10.6 Å². The van der Waals surface area contributed by atoms with Gasteiger partial charge in [-0.15, -0.1) is 0 Å². The van der Waals surface area contributed by atoms with Gasteiger partial charge in [-0.2, -0.15) is 0 Å². The molecule has 110 valence electrons. The lowest BCUT2D eigenvalue weighted by atomic mass is 10.1. The second-order valence-electron chi connectivity index (χ2n) is 5.13. The van der Waals surface area contributed by atoms with Crippen LogP contribution in [0.1, 0.15) is 23.7 Å². The number of benzene rings is 1. The van der Waals surface area contributed by atoms with Gasteiger partial charge in [0.15, 0.2) is 0 Å². The number of carbonyl (C=O) groups excluding carboxylic acids is 1. The van der Waals surface area contributed by atoms with Crippen LogP contribution in [0.15, 0.2) is 30.5 Å². The summed E-state index contributed by atoms with van der Waals surface area (Å²) in [7, 11) is 0. The Balaban J connectivity index is 1.94. The highest BCUT2D eigenvalue weighted by molar-refractivity contribution is 6.09. The van der Waals surface area contributed by atoms with E-state index in [4.69, 9.17) is 4.74 Å². The van der Waals surface area contributed by atoms with Crippen molar-refractivity contribution in [2.45, 2.75) is 19.4 Å². The van der Waals surface area contributed by atoms with Crippen molar-refractivity contribution in [1.29, 1.82) is 0 Å². The highest BCUT2D eigenvalue weighted by Crippen LogP contribution is 2.24. The fraction of sp³-hybridized carbons (Fsp3) is 0.375. The van der Waals surface area contributed by atoms with E-state index in [1.54, 1.807) is 6.20 Å². The molecule has 5 heteroatoms. The lowest BCUT2D eigenvalue weighted by Crippen LogP contribution is -2.35. The Kier molecular flexibility index (Phi) is 4.01. The number of aromatic nitrogens is 1. The number of amides is 1. The predicted octanol–water partition coefficient (Wildman–Crippen LogP) is 2.19. The summed E-state index contributed by atoms with van der Waals surface area (Å²) in [4.78, 5) is 16.8. The molecule has 3 rings (SSSR count). The molecule has 1 saturated heterocycles. The van der Waals surface area contributed by atoms with E-state index in [0.29, 0.717) is 18.8 Å². The average Bonchev–Trinajstić information content (AvgIpc) is 3.00. The first kappa shape index (κ1) is 13.8. The van der Waals surface area contributed by atoms with Gasteiger partial charge in [0.1, 0.15) is 5.82 Å². The van der Waals surface area contributed by atoms with Crippen LogP contribution in [0.3, 0.4) is 0 Å². The van der Waals surface area contributed by atoms with E-state index in [9.17, 15) is 4.79 Å².